The van der Waals surface area contributed by atoms with E-state index in [1.54, 1.807) is 7.05 Å². The number of carboxylic acid groups (broad SMARTS) is 1. The molecular weight excluding hydrogens is 241 g/mol. The SMILES string of the molecule is CC(C)C[C@H](NC(=O)N(C)CCN(C)C)C(=O)[O-].[Li+]. The second-order valence-electron chi connectivity index (χ2n) is 5.18. The van der Waals surface area contributed by atoms with Crippen LogP contribution in [-0.4, -0.2) is 62.1 Å². The average molecular weight is 265 g/mol. The normalized spacial score (nSPS) is 11.9. The van der Waals surface area contributed by atoms with Crippen LogP contribution >= 0.6 is 0 Å². The summed E-state index contributed by atoms with van der Waals surface area (Å²) in [4.78, 5) is 26.1. The van der Waals surface area contributed by atoms with Crippen LogP contribution in [0, 0.1) is 5.92 Å². The molecule has 0 aliphatic carbocycles. The number of hydrogen-bond acceptors (Lipinski definition) is 4. The molecule has 0 saturated carbocycles. The number of nitrogens with one attached hydrogen (secondary N) is 1. The Hall–Kier alpha value is -0.703. The van der Waals surface area contributed by atoms with E-state index in [9.17, 15) is 14.7 Å². The van der Waals surface area contributed by atoms with Gasteiger partial charge in [0.05, 0.1) is 12.0 Å². The maximum Gasteiger partial charge on any atom is 1.00 e. The van der Waals surface area contributed by atoms with Gasteiger partial charge in [-0.05, 0) is 26.4 Å². The molecule has 0 aliphatic rings. The van der Waals surface area contributed by atoms with E-state index in [0.717, 1.165) is 6.54 Å². The van der Waals surface area contributed by atoms with E-state index in [0.29, 0.717) is 13.0 Å². The topological polar surface area (TPSA) is 75.7 Å². The molecule has 0 spiro atoms. The van der Waals surface area contributed by atoms with Gasteiger partial charge in [0.2, 0.25) is 0 Å². The molecule has 0 aromatic heterocycles. The van der Waals surface area contributed by atoms with E-state index < -0.39 is 12.0 Å². The van der Waals surface area contributed by atoms with E-state index in [1.165, 1.54) is 4.90 Å². The molecule has 0 aliphatic heterocycles. The number of rotatable bonds is 7. The van der Waals surface area contributed by atoms with Gasteiger partial charge in [-0.1, -0.05) is 13.8 Å². The maximum atomic E-state index is 11.8. The maximum absolute atomic E-state index is 11.8. The van der Waals surface area contributed by atoms with Crippen molar-refractivity contribution in [1.29, 1.82) is 0 Å². The van der Waals surface area contributed by atoms with Crippen molar-refractivity contribution in [2.45, 2.75) is 26.3 Å². The summed E-state index contributed by atoms with van der Waals surface area (Å²) < 4.78 is 0. The summed E-state index contributed by atoms with van der Waals surface area (Å²) in [6.45, 7) is 5.07. The molecule has 0 bridgehead atoms. The second kappa shape index (κ2) is 10.1. The van der Waals surface area contributed by atoms with Crippen molar-refractivity contribution in [3.63, 3.8) is 0 Å². The third-order valence-corrected chi connectivity index (χ3v) is 2.52. The van der Waals surface area contributed by atoms with Gasteiger partial charge < -0.3 is 25.0 Å². The number of aliphatic carboxylic acids is 1. The Bertz CT molecular complexity index is 285. The standard InChI is InChI=1S/C12H25N3O3.Li/c1-9(2)8-10(11(16)17)13-12(18)15(5)7-6-14(3)4;/h9-10H,6-8H2,1-5H3,(H,13,18)(H,16,17);/q;+1/p-1/t10-;/m0./s1. The number of hydrogen-bond donors (Lipinski definition) is 1. The number of carbonyl (C=O) groups is 2. The minimum Gasteiger partial charge on any atom is -0.548 e. The zero-order chi connectivity index (χ0) is 14.3. The van der Waals surface area contributed by atoms with Gasteiger partial charge in [0.15, 0.2) is 0 Å². The van der Waals surface area contributed by atoms with E-state index in [1.807, 2.05) is 32.8 Å². The Morgan fingerprint density at radius 2 is 1.68 bits per heavy atom. The van der Waals surface area contributed by atoms with Gasteiger partial charge in [-0.25, -0.2) is 4.79 Å². The summed E-state index contributed by atoms with van der Waals surface area (Å²) in [5.74, 6) is -1.06. The van der Waals surface area contributed by atoms with E-state index in [4.69, 9.17) is 0 Å². The molecule has 0 aromatic rings. The Morgan fingerprint density at radius 3 is 2.05 bits per heavy atom. The number of likely N-dealkylation sites (N-methyl/N-ethyl adjacent to an activating group) is 2. The molecule has 2 amide bonds. The molecule has 0 radical (unpaired) electrons. The van der Waals surface area contributed by atoms with Crippen molar-refractivity contribution in [3.8, 4) is 0 Å². The molecule has 106 valence electrons. The van der Waals surface area contributed by atoms with Crippen molar-refractivity contribution < 1.29 is 33.6 Å². The quantitative estimate of drug-likeness (QED) is 0.482. The third-order valence-electron chi connectivity index (χ3n) is 2.52. The van der Waals surface area contributed by atoms with Crippen LogP contribution in [0.25, 0.3) is 0 Å². The van der Waals surface area contributed by atoms with Crippen molar-refractivity contribution >= 4 is 12.0 Å². The molecule has 6 nitrogen and oxygen atoms in total. The molecule has 1 N–H and O–H groups in total. The summed E-state index contributed by atoms with van der Waals surface area (Å²) in [6.07, 6.45) is 0.371. The fraction of sp³-hybridized carbons (Fsp3) is 0.833. The molecule has 0 saturated heterocycles. The first-order valence-electron chi connectivity index (χ1n) is 6.11. The molecule has 0 fully saturated rings. The zero-order valence-electron chi connectivity index (χ0n) is 12.9. The zero-order valence-corrected chi connectivity index (χ0v) is 12.9. The van der Waals surface area contributed by atoms with E-state index >= 15 is 0 Å². The van der Waals surface area contributed by atoms with Gasteiger partial charge in [-0.15, -0.1) is 0 Å². The van der Waals surface area contributed by atoms with E-state index in [-0.39, 0.29) is 30.8 Å². The van der Waals surface area contributed by atoms with Gasteiger partial charge in [0, 0.05) is 20.1 Å². The summed E-state index contributed by atoms with van der Waals surface area (Å²) in [7, 11) is 5.46. The van der Waals surface area contributed by atoms with E-state index in [2.05, 4.69) is 5.32 Å². The number of urea groups is 1. The minimum atomic E-state index is -1.24. The first kappa shape index (κ1) is 20.6. The fourth-order valence-electron chi connectivity index (χ4n) is 1.40. The summed E-state index contributed by atoms with van der Waals surface area (Å²) in [5, 5.41) is 13.4. The Balaban J connectivity index is 0. The Morgan fingerprint density at radius 1 is 1.16 bits per heavy atom. The molecule has 7 heteroatoms. The molecule has 19 heavy (non-hydrogen) atoms. The van der Waals surface area contributed by atoms with Gasteiger partial charge in [-0.3, -0.25) is 0 Å². The monoisotopic (exact) mass is 265 g/mol. The summed E-state index contributed by atoms with van der Waals surface area (Å²) in [6, 6.07) is -1.31. The molecule has 0 unspecified atom stereocenters. The molecule has 0 heterocycles. The number of nitrogens with zero attached hydrogens (tertiary/aromatic N) is 2. The smallest absolute Gasteiger partial charge is 0.548 e. The van der Waals surface area contributed by atoms with Crippen LogP contribution in [0.1, 0.15) is 20.3 Å². The van der Waals surface area contributed by atoms with Crippen molar-refractivity contribution in [2.24, 2.45) is 5.92 Å². The van der Waals surface area contributed by atoms with Crippen LogP contribution in [0.4, 0.5) is 4.79 Å². The van der Waals surface area contributed by atoms with Crippen molar-refractivity contribution in [1.82, 2.24) is 15.1 Å². The van der Waals surface area contributed by atoms with Crippen LogP contribution in [0.5, 0.6) is 0 Å². The fourth-order valence-corrected chi connectivity index (χ4v) is 1.40. The number of amides is 2. The van der Waals surface area contributed by atoms with Gasteiger partial charge >= 0.3 is 24.9 Å². The first-order chi connectivity index (χ1) is 8.23. The Labute approximate surface area is 127 Å². The van der Waals surface area contributed by atoms with Gasteiger partial charge in [-0.2, -0.15) is 0 Å². The van der Waals surface area contributed by atoms with Crippen molar-refractivity contribution in [3.05, 3.63) is 0 Å². The van der Waals surface area contributed by atoms with Gasteiger partial charge in [0.1, 0.15) is 0 Å². The molecule has 0 rings (SSSR count). The Kier molecular flexibility index (Phi) is 11.0. The van der Waals surface area contributed by atoms with Gasteiger partial charge in [0.25, 0.3) is 0 Å². The van der Waals surface area contributed by atoms with Crippen LogP contribution in [0.2, 0.25) is 0 Å². The molecule has 1 atom stereocenters. The van der Waals surface area contributed by atoms with Crippen molar-refractivity contribution in [2.75, 3.05) is 34.2 Å². The van der Waals surface area contributed by atoms with Crippen LogP contribution in [-0.2, 0) is 4.79 Å². The molecular formula is C12H24LiN3O3. The predicted octanol–water partition coefficient (Wildman–Crippen LogP) is -3.64. The largest absolute Gasteiger partial charge is 1.00 e. The first-order valence-corrected chi connectivity index (χ1v) is 6.11. The predicted molar refractivity (Wildman–Crippen MR) is 68.0 cm³/mol. The second-order valence-corrected chi connectivity index (χ2v) is 5.18. The third kappa shape index (κ3) is 9.83. The van der Waals surface area contributed by atoms with Crippen LogP contribution in [0.15, 0.2) is 0 Å². The average Bonchev–Trinajstić information content (AvgIpc) is 2.23. The van der Waals surface area contributed by atoms with Crippen LogP contribution < -0.4 is 29.3 Å². The summed E-state index contributed by atoms with van der Waals surface area (Å²) >= 11 is 0. The molecule has 0 aromatic carbocycles. The summed E-state index contributed by atoms with van der Waals surface area (Å²) in [5.41, 5.74) is 0. The number of carbonyl (C=O) groups excluding carboxylic acids is 2. The number of carboxylic acids is 1. The minimum absolute atomic E-state index is 0. The van der Waals surface area contributed by atoms with Crippen LogP contribution in [0.3, 0.4) is 0 Å².